The van der Waals surface area contributed by atoms with Gasteiger partial charge in [0.25, 0.3) is 0 Å². The molecule has 10 heteroatoms. The number of rotatable bonds is 2. The number of carbonyl (C=O) groups is 1. The van der Waals surface area contributed by atoms with Crippen LogP contribution < -0.4 is 15.2 Å². The Morgan fingerprint density at radius 2 is 1.92 bits per heavy atom. The van der Waals surface area contributed by atoms with Crippen molar-refractivity contribution >= 4 is 23.3 Å². The third-order valence-corrected chi connectivity index (χ3v) is 3.53. The van der Waals surface area contributed by atoms with Crippen molar-refractivity contribution in [2.24, 2.45) is 0 Å². The summed E-state index contributed by atoms with van der Waals surface area (Å²) in [6.45, 7) is 0. The molecule has 0 amide bonds. The number of esters is 1. The second-order valence-electron chi connectivity index (χ2n) is 4.70. The molecule has 0 bridgehead atoms. The average molecular weight is 361 g/mol. The van der Waals surface area contributed by atoms with Crippen LogP contribution in [0.15, 0.2) is 18.2 Å². The highest BCUT2D eigenvalue weighted by Gasteiger charge is 2.44. The first kappa shape index (κ1) is 16.2. The second-order valence-corrected chi connectivity index (χ2v) is 5.08. The zero-order valence-electron chi connectivity index (χ0n) is 11.9. The number of ether oxygens (including phenoxy) is 3. The highest BCUT2D eigenvalue weighted by Crippen LogP contribution is 2.44. The molecule has 3 rings (SSSR count). The number of hydrogen-bond donors (Lipinski definition) is 1. The third kappa shape index (κ3) is 2.67. The van der Waals surface area contributed by atoms with Gasteiger partial charge in [-0.1, -0.05) is 11.6 Å². The number of fused-ring (bicyclic) bond motifs is 1. The number of aromatic nitrogens is 1. The Morgan fingerprint density at radius 1 is 1.29 bits per heavy atom. The van der Waals surface area contributed by atoms with E-state index in [0.29, 0.717) is 0 Å². The van der Waals surface area contributed by atoms with Crippen molar-refractivity contribution < 1.29 is 32.2 Å². The van der Waals surface area contributed by atoms with Gasteiger partial charge in [-0.2, -0.15) is 0 Å². The standard InChI is InChI=1S/C14H8ClF3N2O4/c1-22-13(21)12-11(15)7(19)4-8(20-12)5-2-9-10(3-6(5)16)24-14(17,18)23-9/h2-4H,1H3,(H2,19,20). The molecule has 0 unspecified atom stereocenters. The summed E-state index contributed by atoms with van der Waals surface area (Å²) < 4.78 is 53.3. The molecule has 0 saturated heterocycles. The number of anilines is 1. The molecule has 1 aliphatic heterocycles. The minimum absolute atomic E-state index is 0.0653. The van der Waals surface area contributed by atoms with Gasteiger partial charge >= 0.3 is 12.3 Å². The van der Waals surface area contributed by atoms with Crippen LogP contribution in [0.5, 0.6) is 11.5 Å². The Balaban J connectivity index is 2.14. The van der Waals surface area contributed by atoms with E-state index in [2.05, 4.69) is 19.2 Å². The molecule has 2 heterocycles. The summed E-state index contributed by atoms with van der Waals surface area (Å²) in [5.41, 5.74) is 4.93. The van der Waals surface area contributed by atoms with Crippen LogP contribution in [0.25, 0.3) is 11.3 Å². The fraction of sp³-hybridized carbons (Fsp3) is 0.143. The number of hydrogen-bond acceptors (Lipinski definition) is 6. The molecule has 0 atom stereocenters. The summed E-state index contributed by atoms with van der Waals surface area (Å²) in [7, 11) is 1.10. The van der Waals surface area contributed by atoms with Gasteiger partial charge in [-0.15, -0.1) is 8.78 Å². The molecular formula is C14H8ClF3N2O4. The quantitative estimate of drug-likeness (QED) is 0.828. The van der Waals surface area contributed by atoms with Crippen LogP contribution in [0, 0.1) is 5.82 Å². The van der Waals surface area contributed by atoms with E-state index in [0.717, 1.165) is 19.2 Å². The highest BCUT2D eigenvalue weighted by atomic mass is 35.5. The number of nitrogens with two attached hydrogens (primary N) is 1. The molecule has 0 radical (unpaired) electrons. The third-order valence-electron chi connectivity index (χ3n) is 3.13. The van der Waals surface area contributed by atoms with Gasteiger partial charge in [0.2, 0.25) is 0 Å². The number of nitrogens with zero attached hydrogens (tertiary/aromatic N) is 1. The minimum Gasteiger partial charge on any atom is -0.464 e. The average Bonchev–Trinajstić information content (AvgIpc) is 2.81. The summed E-state index contributed by atoms with van der Waals surface area (Å²) in [5.74, 6) is -2.66. The molecule has 1 aromatic carbocycles. The number of alkyl halides is 2. The van der Waals surface area contributed by atoms with E-state index in [4.69, 9.17) is 17.3 Å². The van der Waals surface area contributed by atoms with E-state index in [-0.39, 0.29) is 33.4 Å². The Bertz CT molecular complexity index is 860. The van der Waals surface area contributed by atoms with Gasteiger partial charge in [-0.05, 0) is 12.1 Å². The van der Waals surface area contributed by atoms with E-state index < -0.39 is 23.8 Å². The Labute approximate surface area is 137 Å². The molecule has 0 saturated carbocycles. The number of halogens is 4. The van der Waals surface area contributed by atoms with Crippen LogP contribution in [0.4, 0.5) is 18.9 Å². The van der Waals surface area contributed by atoms with Gasteiger partial charge in [0.05, 0.1) is 23.5 Å². The molecular weight excluding hydrogens is 353 g/mol. The lowest BCUT2D eigenvalue weighted by Crippen LogP contribution is -2.25. The predicted octanol–water partition coefficient (Wildman–Crippen LogP) is 3.23. The molecule has 126 valence electrons. The fourth-order valence-electron chi connectivity index (χ4n) is 2.09. The maximum atomic E-state index is 14.2. The van der Waals surface area contributed by atoms with E-state index in [1.807, 2.05) is 0 Å². The van der Waals surface area contributed by atoms with Crippen molar-refractivity contribution in [2.75, 3.05) is 12.8 Å². The molecule has 6 nitrogen and oxygen atoms in total. The first-order valence-corrected chi connectivity index (χ1v) is 6.73. The summed E-state index contributed by atoms with van der Waals surface area (Å²) in [6, 6.07) is 2.87. The van der Waals surface area contributed by atoms with Gasteiger partial charge < -0.3 is 19.9 Å². The number of nitrogen functional groups attached to an aromatic ring is 1. The second kappa shape index (κ2) is 5.45. The summed E-state index contributed by atoms with van der Waals surface area (Å²) in [4.78, 5) is 15.6. The lowest BCUT2D eigenvalue weighted by atomic mass is 10.1. The normalized spacial score (nSPS) is 14.5. The minimum atomic E-state index is -3.89. The van der Waals surface area contributed by atoms with Gasteiger partial charge in [0.15, 0.2) is 17.2 Å². The van der Waals surface area contributed by atoms with Crippen LogP contribution >= 0.6 is 11.6 Å². The summed E-state index contributed by atoms with van der Waals surface area (Å²) in [5, 5.41) is -0.168. The molecule has 2 N–H and O–H groups in total. The van der Waals surface area contributed by atoms with E-state index in [9.17, 15) is 18.0 Å². The zero-order chi connectivity index (χ0) is 17.6. The van der Waals surface area contributed by atoms with Gasteiger partial charge in [-0.25, -0.2) is 14.2 Å². The molecule has 0 fully saturated rings. The van der Waals surface area contributed by atoms with Crippen LogP contribution in [0.2, 0.25) is 5.02 Å². The molecule has 0 spiro atoms. The first-order chi connectivity index (χ1) is 11.2. The van der Waals surface area contributed by atoms with Crippen LogP contribution in [0.1, 0.15) is 10.5 Å². The zero-order valence-corrected chi connectivity index (χ0v) is 12.7. The van der Waals surface area contributed by atoms with Crippen molar-refractivity contribution in [2.45, 2.75) is 6.29 Å². The smallest absolute Gasteiger partial charge is 0.464 e. The summed E-state index contributed by atoms with van der Waals surface area (Å²) >= 11 is 5.87. The highest BCUT2D eigenvalue weighted by molar-refractivity contribution is 6.35. The van der Waals surface area contributed by atoms with Crippen LogP contribution in [-0.2, 0) is 4.74 Å². The molecule has 1 aliphatic rings. The fourth-order valence-corrected chi connectivity index (χ4v) is 2.26. The molecule has 24 heavy (non-hydrogen) atoms. The number of carbonyl (C=O) groups excluding carboxylic acids is 1. The van der Waals surface area contributed by atoms with E-state index in [1.165, 1.54) is 6.07 Å². The van der Waals surface area contributed by atoms with Gasteiger partial charge in [-0.3, -0.25) is 0 Å². The molecule has 2 aromatic rings. The number of benzene rings is 1. The molecule has 0 aliphatic carbocycles. The first-order valence-electron chi connectivity index (χ1n) is 6.36. The van der Waals surface area contributed by atoms with Crippen molar-refractivity contribution in [3.05, 3.63) is 34.7 Å². The molecule has 1 aromatic heterocycles. The maximum Gasteiger partial charge on any atom is 0.586 e. The SMILES string of the molecule is COC(=O)c1nc(-c2cc3c(cc2F)OC(F)(F)O3)cc(N)c1Cl. The van der Waals surface area contributed by atoms with Crippen LogP contribution in [0.3, 0.4) is 0 Å². The largest absolute Gasteiger partial charge is 0.586 e. The Morgan fingerprint density at radius 3 is 2.54 bits per heavy atom. The Kier molecular flexibility index (Phi) is 3.67. The van der Waals surface area contributed by atoms with Crippen LogP contribution in [-0.4, -0.2) is 24.4 Å². The van der Waals surface area contributed by atoms with Crippen molar-refractivity contribution in [1.29, 1.82) is 0 Å². The predicted molar refractivity (Wildman–Crippen MR) is 76.6 cm³/mol. The van der Waals surface area contributed by atoms with E-state index in [1.54, 1.807) is 0 Å². The van der Waals surface area contributed by atoms with E-state index >= 15 is 0 Å². The lowest BCUT2D eigenvalue weighted by Gasteiger charge is -2.09. The lowest BCUT2D eigenvalue weighted by molar-refractivity contribution is -0.286. The maximum absolute atomic E-state index is 14.2. The Hall–Kier alpha value is -2.68. The van der Waals surface area contributed by atoms with Gasteiger partial charge in [0.1, 0.15) is 5.82 Å². The van der Waals surface area contributed by atoms with Crippen molar-refractivity contribution in [3.8, 4) is 22.8 Å². The van der Waals surface area contributed by atoms with Gasteiger partial charge in [0, 0.05) is 11.6 Å². The topological polar surface area (TPSA) is 83.7 Å². The number of pyridine rings is 1. The summed E-state index contributed by atoms with van der Waals surface area (Å²) in [6.07, 6.45) is -3.89. The van der Waals surface area contributed by atoms with Crippen molar-refractivity contribution in [1.82, 2.24) is 4.98 Å². The monoisotopic (exact) mass is 360 g/mol. The van der Waals surface area contributed by atoms with Crippen molar-refractivity contribution in [3.63, 3.8) is 0 Å². The number of methoxy groups -OCH3 is 1.